The van der Waals surface area contributed by atoms with Crippen molar-refractivity contribution in [1.82, 2.24) is 5.32 Å². The molecular formula is C53H67N5O7. The number of hydrogen-bond donors (Lipinski definition) is 4. The van der Waals surface area contributed by atoms with Gasteiger partial charge in [0.15, 0.2) is 17.5 Å². The summed E-state index contributed by atoms with van der Waals surface area (Å²) in [5.74, 6) is -1.62. The first kappa shape index (κ1) is 49.7. The smallest absolute Gasteiger partial charge is 0.309 e. The van der Waals surface area contributed by atoms with Crippen LogP contribution in [0, 0.1) is 23.7 Å². The Hall–Kier alpha value is -6.27. The minimum absolute atomic E-state index is 0.0806. The largest absolute Gasteiger partial charge is 0.493 e. The number of unbranched alkanes of at least 4 members (excludes halogenated alkanes) is 1. The van der Waals surface area contributed by atoms with E-state index in [1.54, 1.807) is 0 Å². The highest BCUT2D eigenvalue weighted by Gasteiger charge is 2.32. The molecule has 0 unspecified atom stereocenters. The highest BCUT2D eigenvalue weighted by Crippen LogP contribution is 2.45. The molecular weight excluding hydrogens is 819 g/mol. The van der Waals surface area contributed by atoms with Crippen molar-refractivity contribution in [2.24, 2.45) is 45.9 Å². The molecule has 0 aliphatic carbocycles. The highest BCUT2D eigenvalue weighted by atomic mass is 16.5. The van der Waals surface area contributed by atoms with Crippen LogP contribution >= 0.6 is 0 Å². The van der Waals surface area contributed by atoms with Gasteiger partial charge in [-0.25, -0.2) is 0 Å². The number of esters is 1. The van der Waals surface area contributed by atoms with Crippen molar-refractivity contribution >= 4 is 50.9 Å². The van der Waals surface area contributed by atoms with Gasteiger partial charge in [-0.15, -0.1) is 0 Å². The van der Waals surface area contributed by atoms with Crippen molar-refractivity contribution in [2.75, 3.05) is 26.3 Å². The van der Waals surface area contributed by atoms with Gasteiger partial charge < -0.3 is 36.7 Å². The van der Waals surface area contributed by atoms with Crippen LogP contribution in [0.3, 0.4) is 0 Å². The van der Waals surface area contributed by atoms with E-state index in [9.17, 15) is 19.2 Å². The molecule has 346 valence electrons. The molecule has 0 radical (unpaired) electrons. The van der Waals surface area contributed by atoms with Gasteiger partial charge in [0.1, 0.15) is 24.7 Å². The Morgan fingerprint density at radius 2 is 1.29 bits per heavy atom. The number of aliphatic imine (C=N–C) groups is 1. The van der Waals surface area contributed by atoms with Crippen molar-refractivity contribution in [3.8, 4) is 22.6 Å². The maximum atomic E-state index is 14.2. The number of rotatable bonds is 27. The summed E-state index contributed by atoms with van der Waals surface area (Å²) in [6, 6.07) is 32.5. The number of ether oxygens (including phenoxy) is 3. The van der Waals surface area contributed by atoms with E-state index in [-0.39, 0.29) is 62.5 Å². The molecule has 5 rings (SSSR count). The highest BCUT2D eigenvalue weighted by molar-refractivity contribution is 6.10. The van der Waals surface area contributed by atoms with Gasteiger partial charge >= 0.3 is 5.97 Å². The van der Waals surface area contributed by atoms with Gasteiger partial charge in [0, 0.05) is 36.4 Å². The number of Topliss-reactive ketones (excluding diaryl/α,β-unsaturated/α-hetero) is 2. The monoisotopic (exact) mass is 886 g/mol. The number of amides is 1. The molecule has 0 heterocycles. The Labute approximate surface area is 383 Å². The molecule has 12 nitrogen and oxygen atoms in total. The third-order valence-corrected chi connectivity index (χ3v) is 11.6. The molecule has 0 aliphatic rings. The molecule has 0 saturated heterocycles. The number of ketones is 2. The lowest BCUT2D eigenvalue weighted by molar-refractivity contribution is -0.153. The van der Waals surface area contributed by atoms with Crippen molar-refractivity contribution in [1.29, 1.82) is 0 Å². The number of benzene rings is 5. The minimum atomic E-state index is -0.957. The number of hydrogen-bond acceptors (Lipinski definition) is 9. The zero-order chi connectivity index (χ0) is 46.7. The normalized spacial score (nSPS) is 12.7. The van der Waals surface area contributed by atoms with E-state index in [0.717, 1.165) is 50.4 Å². The first-order chi connectivity index (χ1) is 31.4. The average Bonchev–Trinajstić information content (AvgIpc) is 3.29. The van der Waals surface area contributed by atoms with Gasteiger partial charge in [-0.05, 0) is 89.7 Å². The number of nitrogens with two attached hydrogens (primary N) is 3. The molecule has 0 spiro atoms. The van der Waals surface area contributed by atoms with Crippen LogP contribution in [0.2, 0.25) is 0 Å². The van der Waals surface area contributed by atoms with E-state index >= 15 is 0 Å². The Balaban J connectivity index is 1.37. The van der Waals surface area contributed by atoms with E-state index in [0.29, 0.717) is 50.5 Å². The van der Waals surface area contributed by atoms with Crippen LogP contribution in [0.5, 0.6) is 11.5 Å². The molecule has 1 amide bonds. The number of nitrogens with one attached hydrogen (secondary N) is 1. The molecule has 0 aliphatic heterocycles. The Kier molecular flexibility index (Phi) is 19.3. The fourth-order valence-corrected chi connectivity index (χ4v) is 7.91. The Morgan fingerprint density at radius 3 is 1.89 bits per heavy atom. The Morgan fingerprint density at radius 1 is 0.677 bits per heavy atom. The molecule has 5 aromatic carbocycles. The maximum Gasteiger partial charge on any atom is 0.309 e. The fraction of sp³-hybridized carbons (Fsp3) is 0.415. The van der Waals surface area contributed by atoms with E-state index in [1.807, 2.05) is 98.8 Å². The van der Waals surface area contributed by atoms with Crippen LogP contribution in [-0.2, 0) is 30.5 Å². The second-order valence-electron chi connectivity index (χ2n) is 17.5. The summed E-state index contributed by atoms with van der Waals surface area (Å²) < 4.78 is 18.6. The van der Waals surface area contributed by atoms with Gasteiger partial charge in [0.25, 0.3) is 0 Å². The molecule has 0 fully saturated rings. The van der Waals surface area contributed by atoms with E-state index in [2.05, 4.69) is 42.4 Å². The predicted molar refractivity (Wildman–Crippen MR) is 259 cm³/mol. The van der Waals surface area contributed by atoms with Gasteiger partial charge in [0.05, 0.1) is 18.6 Å². The number of guanidine groups is 1. The van der Waals surface area contributed by atoms with Crippen molar-refractivity contribution in [2.45, 2.75) is 91.7 Å². The lowest BCUT2D eigenvalue weighted by Gasteiger charge is -2.25. The van der Waals surface area contributed by atoms with Crippen LogP contribution in [-0.4, -0.2) is 61.7 Å². The third-order valence-electron chi connectivity index (χ3n) is 11.6. The van der Waals surface area contributed by atoms with Crippen molar-refractivity contribution in [3.63, 3.8) is 0 Å². The summed E-state index contributed by atoms with van der Waals surface area (Å²) in [7, 11) is 0. The molecule has 3 atom stereocenters. The maximum absolute atomic E-state index is 14.2. The number of nitrogens with zero attached hydrogens (tertiary/aromatic N) is 1. The second kappa shape index (κ2) is 25.3. The molecule has 12 heteroatoms. The quantitative estimate of drug-likeness (QED) is 0.0171. The number of carbonyl (C=O) groups is 4. The summed E-state index contributed by atoms with van der Waals surface area (Å²) in [6.07, 6.45) is 2.87. The average molecular weight is 886 g/mol. The third kappa shape index (κ3) is 14.9. The lowest BCUT2D eigenvalue weighted by atomic mass is 9.87. The zero-order valence-corrected chi connectivity index (χ0v) is 38.4. The SMILES string of the molecule is CC(C)CCOc1ccc2ccccc2c1-c1c(OCC(=O)C[C@H](CCCCN)C(=O)N[C@H](CCCN=C(N)N)C(=O)C[C@H](C(=O)OCc2ccccc2)C(C)C)ccc2ccccc12. The van der Waals surface area contributed by atoms with E-state index in [4.69, 9.17) is 31.4 Å². The fourth-order valence-electron chi connectivity index (χ4n) is 7.91. The molecule has 5 aromatic rings. The summed E-state index contributed by atoms with van der Waals surface area (Å²) in [4.78, 5) is 59.7. The molecule has 7 N–H and O–H groups in total. The molecule has 0 saturated carbocycles. The minimum Gasteiger partial charge on any atom is -0.493 e. The van der Waals surface area contributed by atoms with E-state index < -0.39 is 29.8 Å². The number of carbonyl (C=O) groups excluding carboxylic acids is 4. The number of fused-ring (bicyclic) bond motifs is 2. The van der Waals surface area contributed by atoms with Crippen molar-refractivity contribution < 1.29 is 33.4 Å². The van der Waals surface area contributed by atoms with Crippen LogP contribution < -0.4 is 32.0 Å². The zero-order valence-electron chi connectivity index (χ0n) is 38.4. The summed E-state index contributed by atoms with van der Waals surface area (Å²) >= 11 is 0. The van der Waals surface area contributed by atoms with Crippen LogP contribution in [0.15, 0.2) is 108 Å². The lowest BCUT2D eigenvalue weighted by Crippen LogP contribution is -2.45. The van der Waals surface area contributed by atoms with Gasteiger partial charge in [0.2, 0.25) is 5.91 Å². The Bertz CT molecular complexity index is 2380. The van der Waals surface area contributed by atoms with Gasteiger partial charge in [-0.3, -0.25) is 24.2 Å². The topological polar surface area (TPSA) is 198 Å². The summed E-state index contributed by atoms with van der Waals surface area (Å²) in [6.45, 7) is 9.05. The first-order valence-electron chi connectivity index (χ1n) is 23.0. The van der Waals surface area contributed by atoms with Crippen LogP contribution in [0.1, 0.15) is 84.6 Å². The molecule has 65 heavy (non-hydrogen) atoms. The van der Waals surface area contributed by atoms with Gasteiger partial charge in [-0.2, -0.15) is 0 Å². The van der Waals surface area contributed by atoms with Gasteiger partial charge in [-0.1, -0.05) is 125 Å². The van der Waals surface area contributed by atoms with Crippen LogP contribution in [0.4, 0.5) is 0 Å². The predicted octanol–water partition coefficient (Wildman–Crippen LogP) is 8.68. The molecule has 0 bridgehead atoms. The van der Waals surface area contributed by atoms with Crippen LogP contribution in [0.25, 0.3) is 32.7 Å². The summed E-state index contributed by atoms with van der Waals surface area (Å²) in [5, 5.41) is 6.94. The second-order valence-corrected chi connectivity index (χ2v) is 17.5. The van der Waals surface area contributed by atoms with Crippen molar-refractivity contribution in [3.05, 3.63) is 109 Å². The molecule has 0 aromatic heterocycles. The van der Waals surface area contributed by atoms with E-state index in [1.165, 1.54) is 0 Å². The first-order valence-corrected chi connectivity index (χ1v) is 23.0. The standard InChI is InChI=1S/C53H67N5O7/c1-35(2)27-30-63-47-25-23-38-17-8-10-20-42(38)49(47)50-43-21-11-9-18-39(43)24-26-48(50)64-34-41(59)31-40(19-12-13-28-54)51(61)58-45(22-14-29-57-53(55)56)46(60)32-44(36(3)4)52(62)65-33-37-15-6-5-7-16-37/h5-11,15-18,20-21,23-26,35-36,40,44-45H,12-14,19,22,27-34,54H2,1-4H3,(H,58,61)(H4,55,56,57)/t40-,44-,45+/m0/s1. The summed E-state index contributed by atoms with van der Waals surface area (Å²) in [5.41, 5.74) is 19.5.